The van der Waals surface area contributed by atoms with Gasteiger partial charge in [-0.1, -0.05) is 23.8 Å². The van der Waals surface area contributed by atoms with E-state index in [1.807, 2.05) is 0 Å². The second-order valence-electron chi connectivity index (χ2n) is 3.88. The van der Waals surface area contributed by atoms with Crippen LogP contribution < -0.4 is 0 Å². The van der Waals surface area contributed by atoms with Gasteiger partial charge in [0.15, 0.2) is 0 Å². The highest BCUT2D eigenvalue weighted by Gasteiger charge is 2.36. The van der Waals surface area contributed by atoms with Crippen LogP contribution in [0, 0.1) is 17.8 Å². The van der Waals surface area contributed by atoms with E-state index in [0.717, 1.165) is 5.92 Å². The number of hydrogen-bond acceptors (Lipinski definition) is 0. The third-order valence-electron chi connectivity index (χ3n) is 3.33. The third-order valence-corrected chi connectivity index (χ3v) is 3.33. The summed E-state index contributed by atoms with van der Waals surface area (Å²) in [5.74, 6) is 2.13. The second-order valence-corrected chi connectivity index (χ2v) is 3.88. The summed E-state index contributed by atoms with van der Waals surface area (Å²) in [5.41, 5.74) is 1.65. The molecule has 2 rings (SSSR count). The van der Waals surface area contributed by atoms with Crippen LogP contribution in [0.3, 0.4) is 0 Å². The van der Waals surface area contributed by atoms with E-state index in [1.54, 1.807) is 5.57 Å². The van der Waals surface area contributed by atoms with Crippen LogP contribution in [-0.2, 0) is 0 Å². The molecule has 0 bridgehead atoms. The van der Waals surface area contributed by atoms with Crippen LogP contribution in [0.2, 0.25) is 0 Å². The van der Waals surface area contributed by atoms with E-state index in [1.165, 1.54) is 19.3 Å². The van der Waals surface area contributed by atoms with Gasteiger partial charge in [-0.3, -0.25) is 0 Å². The molecule has 0 radical (unpaired) electrons. The molecule has 0 nitrogen and oxygen atoms in total. The Morgan fingerprint density at radius 2 is 2.17 bits per heavy atom. The molecule has 0 N–H and O–H groups in total. The van der Waals surface area contributed by atoms with Gasteiger partial charge in [-0.05, 0) is 31.1 Å². The van der Waals surface area contributed by atoms with E-state index >= 15 is 0 Å². The molecule has 0 aromatic carbocycles. The molecule has 2 aliphatic carbocycles. The Labute approximate surface area is 74.7 Å². The lowest BCUT2D eigenvalue weighted by atomic mass is 9.93. The fraction of sp³-hybridized carbons (Fsp3) is 0.500. The van der Waals surface area contributed by atoms with Crippen LogP contribution in [0.1, 0.15) is 19.3 Å². The Morgan fingerprint density at radius 1 is 1.33 bits per heavy atom. The van der Waals surface area contributed by atoms with Gasteiger partial charge < -0.3 is 0 Å². The van der Waals surface area contributed by atoms with E-state index in [2.05, 4.69) is 31.4 Å². The highest BCUT2D eigenvalue weighted by molar-refractivity contribution is 5.27. The quantitative estimate of drug-likeness (QED) is 0.543. The molecule has 3 atom stereocenters. The van der Waals surface area contributed by atoms with Crippen LogP contribution in [0.25, 0.3) is 0 Å². The maximum Gasteiger partial charge on any atom is 0.00398 e. The predicted molar refractivity (Wildman–Crippen MR) is 52.8 cm³/mol. The lowest BCUT2D eigenvalue weighted by Gasteiger charge is -2.11. The Balaban J connectivity index is 2.25. The van der Waals surface area contributed by atoms with Crippen molar-refractivity contribution in [2.45, 2.75) is 19.3 Å². The van der Waals surface area contributed by atoms with Crippen LogP contribution in [-0.4, -0.2) is 0 Å². The summed E-state index contributed by atoms with van der Waals surface area (Å²) < 4.78 is 0. The van der Waals surface area contributed by atoms with Crippen LogP contribution >= 0.6 is 0 Å². The van der Waals surface area contributed by atoms with Crippen molar-refractivity contribution in [2.75, 3.05) is 0 Å². The first-order valence-electron chi connectivity index (χ1n) is 4.82. The topological polar surface area (TPSA) is 0 Å². The Kier molecular flexibility index (Phi) is 1.92. The molecule has 3 unspecified atom stereocenters. The number of fused-ring (bicyclic) bond motifs is 1. The zero-order valence-electron chi connectivity index (χ0n) is 7.50. The van der Waals surface area contributed by atoms with E-state index in [0.29, 0.717) is 11.8 Å². The van der Waals surface area contributed by atoms with Crippen LogP contribution in [0.4, 0.5) is 0 Å². The fourth-order valence-corrected chi connectivity index (χ4v) is 2.72. The van der Waals surface area contributed by atoms with Crippen molar-refractivity contribution in [3.8, 4) is 0 Å². The Hall–Kier alpha value is -0.780. The Bertz CT molecular complexity index is 234. The van der Waals surface area contributed by atoms with Crippen molar-refractivity contribution >= 4 is 0 Å². The molecular formula is C12H16. The number of hydrogen-bond donors (Lipinski definition) is 0. The Morgan fingerprint density at radius 3 is 2.83 bits per heavy atom. The van der Waals surface area contributed by atoms with E-state index < -0.39 is 0 Å². The molecule has 1 fully saturated rings. The standard InChI is InChI=1S/C12H16/c1-3-9-8-10-6-5-7-12(10)11(9)4-2/h3-4,7,9-11H,1-2,5-6,8H2. The zero-order chi connectivity index (χ0) is 8.55. The lowest BCUT2D eigenvalue weighted by molar-refractivity contribution is 0.532. The van der Waals surface area contributed by atoms with E-state index in [-0.39, 0.29) is 0 Å². The molecule has 0 amide bonds. The maximum atomic E-state index is 3.91. The van der Waals surface area contributed by atoms with Gasteiger partial charge >= 0.3 is 0 Å². The van der Waals surface area contributed by atoms with Crippen molar-refractivity contribution in [3.63, 3.8) is 0 Å². The monoisotopic (exact) mass is 160 g/mol. The molecule has 0 heteroatoms. The third kappa shape index (κ3) is 0.979. The van der Waals surface area contributed by atoms with Gasteiger partial charge in [-0.15, -0.1) is 13.2 Å². The van der Waals surface area contributed by atoms with Crippen molar-refractivity contribution in [3.05, 3.63) is 37.0 Å². The molecule has 0 aromatic heterocycles. The van der Waals surface area contributed by atoms with Crippen LogP contribution in [0.15, 0.2) is 37.0 Å². The molecule has 12 heavy (non-hydrogen) atoms. The summed E-state index contributed by atoms with van der Waals surface area (Å²) in [5, 5.41) is 0. The normalized spacial score (nSPS) is 39.0. The first-order chi connectivity index (χ1) is 5.86. The SMILES string of the molecule is C=CC1CC2CCC=C2C1C=C. The van der Waals surface area contributed by atoms with Crippen molar-refractivity contribution in [1.82, 2.24) is 0 Å². The minimum atomic E-state index is 0.606. The minimum Gasteiger partial charge on any atom is -0.103 e. The van der Waals surface area contributed by atoms with E-state index in [4.69, 9.17) is 0 Å². The van der Waals surface area contributed by atoms with Gasteiger partial charge in [-0.25, -0.2) is 0 Å². The molecule has 0 saturated heterocycles. The summed E-state index contributed by atoms with van der Waals surface area (Å²) in [6.07, 6.45) is 10.6. The largest absolute Gasteiger partial charge is 0.103 e. The minimum absolute atomic E-state index is 0.606. The zero-order valence-corrected chi connectivity index (χ0v) is 7.50. The van der Waals surface area contributed by atoms with Crippen LogP contribution in [0.5, 0.6) is 0 Å². The van der Waals surface area contributed by atoms with E-state index in [9.17, 15) is 0 Å². The summed E-state index contributed by atoms with van der Waals surface area (Å²) in [6.45, 7) is 7.81. The highest BCUT2D eigenvalue weighted by Crippen LogP contribution is 2.47. The molecular weight excluding hydrogens is 144 g/mol. The molecule has 64 valence electrons. The number of rotatable bonds is 2. The van der Waals surface area contributed by atoms with Gasteiger partial charge in [0, 0.05) is 5.92 Å². The summed E-state index contributed by atoms with van der Waals surface area (Å²) in [7, 11) is 0. The highest BCUT2D eigenvalue weighted by atomic mass is 14.4. The smallest absolute Gasteiger partial charge is 0.00398 e. The van der Waals surface area contributed by atoms with Gasteiger partial charge in [0.05, 0.1) is 0 Å². The first kappa shape index (κ1) is 7.85. The van der Waals surface area contributed by atoms with Crippen molar-refractivity contribution < 1.29 is 0 Å². The summed E-state index contributed by atoms with van der Waals surface area (Å²) in [4.78, 5) is 0. The average molecular weight is 160 g/mol. The predicted octanol–water partition coefficient (Wildman–Crippen LogP) is 3.33. The lowest BCUT2D eigenvalue weighted by Crippen LogP contribution is -2.02. The summed E-state index contributed by atoms with van der Waals surface area (Å²) in [6, 6.07) is 0. The molecule has 0 aromatic rings. The second kappa shape index (κ2) is 2.93. The maximum absolute atomic E-state index is 3.91. The van der Waals surface area contributed by atoms with Crippen molar-refractivity contribution in [1.29, 1.82) is 0 Å². The van der Waals surface area contributed by atoms with Gasteiger partial charge in [-0.2, -0.15) is 0 Å². The fourth-order valence-electron chi connectivity index (χ4n) is 2.72. The van der Waals surface area contributed by atoms with Gasteiger partial charge in [0.25, 0.3) is 0 Å². The molecule has 1 saturated carbocycles. The van der Waals surface area contributed by atoms with Crippen molar-refractivity contribution in [2.24, 2.45) is 17.8 Å². The van der Waals surface area contributed by atoms with Gasteiger partial charge in [0.2, 0.25) is 0 Å². The number of allylic oxidation sites excluding steroid dienone is 4. The molecule has 2 aliphatic rings. The summed E-state index contributed by atoms with van der Waals surface area (Å²) >= 11 is 0. The molecule has 0 aliphatic heterocycles. The first-order valence-corrected chi connectivity index (χ1v) is 4.82. The molecule has 0 heterocycles. The molecule has 0 spiro atoms. The van der Waals surface area contributed by atoms with Gasteiger partial charge in [0.1, 0.15) is 0 Å². The average Bonchev–Trinajstić information content (AvgIpc) is 2.61.